The number of carbonyl (C=O) groups is 2. The molecule has 1 aliphatic heterocycles. The molecule has 1 N–H and O–H groups in total. The van der Waals surface area contributed by atoms with Gasteiger partial charge in [0.1, 0.15) is 11.5 Å². The average molecular weight is 450 g/mol. The molecule has 3 aromatic rings. The molecule has 172 valence electrons. The highest BCUT2D eigenvalue weighted by atomic mass is 16.5. The lowest BCUT2D eigenvalue weighted by atomic mass is 9.96. The summed E-state index contributed by atoms with van der Waals surface area (Å²) in [5.74, 6) is 2.00. The largest absolute Gasteiger partial charge is 0.497 e. The van der Waals surface area contributed by atoms with Crippen LogP contribution in [0.15, 0.2) is 53.1 Å². The van der Waals surface area contributed by atoms with Gasteiger partial charge in [-0.15, -0.1) is 0 Å². The number of benzene rings is 2. The smallest absolute Gasteiger partial charge is 0.251 e. The van der Waals surface area contributed by atoms with Gasteiger partial charge in [0.05, 0.1) is 20.8 Å². The molecule has 0 radical (unpaired) electrons. The molecule has 0 bridgehead atoms. The highest BCUT2D eigenvalue weighted by Crippen LogP contribution is 2.31. The molecule has 0 unspecified atom stereocenters. The van der Waals surface area contributed by atoms with Crippen LogP contribution in [0.5, 0.6) is 11.5 Å². The number of nitrogens with zero attached hydrogens (tertiary/aromatic N) is 3. The SMILES string of the molecule is COc1cc(OC)cc(-c2noc(C3CCN(C(=O)CNC(=O)c4ccccc4)CC3)n2)c1. The van der Waals surface area contributed by atoms with Crippen molar-refractivity contribution in [1.29, 1.82) is 0 Å². The van der Waals surface area contributed by atoms with Crippen LogP contribution < -0.4 is 14.8 Å². The zero-order chi connectivity index (χ0) is 23.2. The highest BCUT2D eigenvalue weighted by Gasteiger charge is 2.28. The van der Waals surface area contributed by atoms with Crippen molar-refractivity contribution in [2.45, 2.75) is 18.8 Å². The predicted octanol–water partition coefficient (Wildman–Crippen LogP) is 2.89. The third-order valence-electron chi connectivity index (χ3n) is 5.68. The van der Waals surface area contributed by atoms with Crippen molar-refractivity contribution in [2.75, 3.05) is 33.9 Å². The molecule has 33 heavy (non-hydrogen) atoms. The zero-order valence-corrected chi connectivity index (χ0v) is 18.6. The minimum atomic E-state index is -0.258. The van der Waals surface area contributed by atoms with E-state index in [4.69, 9.17) is 14.0 Å². The average Bonchev–Trinajstić information content (AvgIpc) is 3.38. The maximum Gasteiger partial charge on any atom is 0.251 e. The maximum atomic E-state index is 12.5. The molecule has 2 heterocycles. The number of aromatic nitrogens is 2. The fourth-order valence-corrected chi connectivity index (χ4v) is 3.79. The van der Waals surface area contributed by atoms with Crippen molar-refractivity contribution in [3.63, 3.8) is 0 Å². The first-order valence-electron chi connectivity index (χ1n) is 10.8. The Morgan fingerprint density at radius 3 is 2.36 bits per heavy atom. The Hall–Kier alpha value is -3.88. The number of ether oxygens (including phenoxy) is 2. The number of nitrogens with one attached hydrogen (secondary N) is 1. The van der Waals surface area contributed by atoms with E-state index in [9.17, 15) is 9.59 Å². The van der Waals surface area contributed by atoms with Crippen LogP contribution in [0, 0.1) is 0 Å². The summed E-state index contributed by atoms with van der Waals surface area (Å²) in [7, 11) is 3.17. The minimum absolute atomic E-state index is 0.0270. The van der Waals surface area contributed by atoms with E-state index in [1.807, 2.05) is 18.2 Å². The minimum Gasteiger partial charge on any atom is -0.497 e. The predicted molar refractivity (Wildman–Crippen MR) is 120 cm³/mol. The summed E-state index contributed by atoms with van der Waals surface area (Å²) in [6.07, 6.45) is 1.42. The Balaban J connectivity index is 1.32. The standard InChI is InChI=1S/C24H26N4O5/c1-31-19-12-18(13-20(14-19)32-2)22-26-24(33-27-22)17-8-10-28(11-9-17)21(29)15-25-23(30)16-6-4-3-5-7-16/h3-7,12-14,17H,8-11,15H2,1-2H3,(H,25,30). The van der Waals surface area contributed by atoms with E-state index in [-0.39, 0.29) is 24.3 Å². The van der Waals surface area contributed by atoms with Crippen molar-refractivity contribution in [2.24, 2.45) is 0 Å². The lowest BCUT2D eigenvalue weighted by molar-refractivity contribution is -0.131. The molecule has 0 atom stereocenters. The number of rotatable bonds is 7. The van der Waals surface area contributed by atoms with Crippen LogP contribution in [0.2, 0.25) is 0 Å². The summed E-state index contributed by atoms with van der Waals surface area (Å²) < 4.78 is 16.1. The lowest BCUT2D eigenvalue weighted by Gasteiger charge is -2.30. The van der Waals surface area contributed by atoms with Gasteiger partial charge >= 0.3 is 0 Å². The summed E-state index contributed by atoms with van der Waals surface area (Å²) in [5.41, 5.74) is 1.27. The van der Waals surface area contributed by atoms with Crippen LogP contribution in [-0.4, -0.2) is 60.7 Å². The maximum absolute atomic E-state index is 12.5. The van der Waals surface area contributed by atoms with Gasteiger partial charge in [-0.25, -0.2) is 0 Å². The number of amides is 2. The number of likely N-dealkylation sites (tertiary alicyclic amines) is 1. The normalized spacial score (nSPS) is 14.1. The van der Waals surface area contributed by atoms with Crippen molar-refractivity contribution in [3.05, 3.63) is 60.0 Å². The van der Waals surface area contributed by atoms with Crippen LogP contribution in [0.25, 0.3) is 11.4 Å². The molecule has 4 rings (SSSR count). The third-order valence-corrected chi connectivity index (χ3v) is 5.68. The molecule has 9 heteroatoms. The van der Waals surface area contributed by atoms with Crippen LogP contribution in [-0.2, 0) is 4.79 Å². The molecule has 1 fully saturated rings. The van der Waals surface area contributed by atoms with E-state index in [1.54, 1.807) is 49.5 Å². The first kappa shape index (κ1) is 22.3. The van der Waals surface area contributed by atoms with Crippen molar-refractivity contribution < 1.29 is 23.6 Å². The zero-order valence-electron chi connectivity index (χ0n) is 18.6. The van der Waals surface area contributed by atoms with Gasteiger partial charge in [0.25, 0.3) is 5.91 Å². The fraction of sp³-hybridized carbons (Fsp3) is 0.333. The summed E-state index contributed by atoms with van der Waals surface area (Å²) in [5, 5.41) is 6.81. The van der Waals surface area contributed by atoms with Gasteiger partial charge in [-0.05, 0) is 37.1 Å². The van der Waals surface area contributed by atoms with E-state index in [0.29, 0.717) is 54.7 Å². The van der Waals surface area contributed by atoms with E-state index < -0.39 is 0 Å². The molecule has 0 saturated carbocycles. The lowest BCUT2D eigenvalue weighted by Crippen LogP contribution is -2.43. The van der Waals surface area contributed by atoms with E-state index in [1.165, 1.54) is 0 Å². The molecule has 0 spiro atoms. The fourth-order valence-electron chi connectivity index (χ4n) is 3.79. The monoisotopic (exact) mass is 450 g/mol. The van der Waals surface area contributed by atoms with Crippen LogP contribution >= 0.6 is 0 Å². The van der Waals surface area contributed by atoms with Crippen molar-refractivity contribution in [1.82, 2.24) is 20.4 Å². The molecular formula is C24H26N4O5. The van der Waals surface area contributed by atoms with Gasteiger partial charge in [0, 0.05) is 36.2 Å². The molecule has 9 nitrogen and oxygen atoms in total. The molecule has 0 aliphatic carbocycles. The molecule has 2 amide bonds. The molecule has 1 aliphatic rings. The Kier molecular flexibility index (Phi) is 6.87. The van der Waals surface area contributed by atoms with E-state index >= 15 is 0 Å². The van der Waals surface area contributed by atoms with Crippen molar-refractivity contribution >= 4 is 11.8 Å². The topological polar surface area (TPSA) is 107 Å². The van der Waals surface area contributed by atoms with E-state index in [2.05, 4.69) is 15.5 Å². The first-order chi connectivity index (χ1) is 16.1. The van der Waals surface area contributed by atoms with Gasteiger partial charge in [0.2, 0.25) is 17.6 Å². The quantitative estimate of drug-likeness (QED) is 0.590. The Bertz CT molecular complexity index is 1080. The van der Waals surface area contributed by atoms with Crippen molar-refractivity contribution in [3.8, 4) is 22.9 Å². The van der Waals surface area contributed by atoms with Gasteiger partial charge in [-0.3, -0.25) is 9.59 Å². The summed E-state index contributed by atoms with van der Waals surface area (Å²) in [6.45, 7) is 1.10. The molecule has 2 aromatic carbocycles. The molecule has 1 saturated heterocycles. The molecular weight excluding hydrogens is 424 g/mol. The van der Waals surface area contributed by atoms with Crippen LogP contribution in [0.3, 0.4) is 0 Å². The third kappa shape index (κ3) is 5.31. The van der Waals surface area contributed by atoms with Gasteiger partial charge in [0.15, 0.2) is 0 Å². The second kappa shape index (κ2) is 10.2. The van der Waals surface area contributed by atoms with Crippen LogP contribution in [0.1, 0.15) is 35.0 Å². The number of methoxy groups -OCH3 is 2. The van der Waals surface area contributed by atoms with E-state index in [0.717, 1.165) is 5.56 Å². The molecule has 1 aromatic heterocycles. The summed E-state index contributed by atoms with van der Waals surface area (Å²) in [4.78, 5) is 31.0. The van der Waals surface area contributed by atoms with Crippen LogP contribution in [0.4, 0.5) is 0 Å². The second-order valence-corrected chi connectivity index (χ2v) is 7.76. The number of carbonyl (C=O) groups excluding carboxylic acids is 2. The highest BCUT2D eigenvalue weighted by molar-refractivity contribution is 5.96. The first-order valence-corrected chi connectivity index (χ1v) is 10.8. The summed E-state index contributed by atoms with van der Waals surface area (Å²) in [6, 6.07) is 14.3. The van der Waals surface area contributed by atoms with Gasteiger partial charge < -0.3 is 24.2 Å². The number of hydrogen-bond acceptors (Lipinski definition) is 7. The Morgan fingerprint density at radius 2 is 1.73 bits per heavy atom. The Labute approximate surface area is 191 Å². The number of piperidine rings is 1. The van der Waals surface area contributed by atoms with Gasteiger partial charge in [-0.1, -0.05) is 23.4 Å². The Morgan fingerprint density at radius 1 is 1.06 bits per heavy atom. The summed E-state index contributed by atoms with van der Waals surface area (Å²) >= 11 is 0. The number of hydrogen-bond donors (Lipinski definition) is 1. The van der Waals surface area contributed by atoms with Gasteiger partial charge in [-0.2, -0.15) is 4.98 Å². The second-order valence-electron chi connectivity index (χ2n) is 7.76.